The van der Waals surface area contributed by atoms with Crippen molar-refractivity contribution in [1.29, 1.82) is 0 Å². The molecular weight excluding hydrogens is 216 g/mol. The molecule has 0 aromatic carbocycles. The van der Waals surface area contributed by atoms with Crippen LogP contribution in [0.3, 0.4) is 0 Å². The lowest BCUT2D eigenvalue weighted by atomic mass is 9.70. The molecule has 0 saturated heterocycles. The van der Waals surface area contributed by atoms with Gasteiger partial charge >= 0.3 is 0 Å². The normalized spacial score (nSPS) is 22.3. The van der Waals surface area contributed by atoms with E-state index in [1.54, 1.807) is 13.2 Å². The second-order valence-corrected chi connectivity index (χ2v) is 5.52. The van der Waals surface area contributed by atoms with Gasteiger partial charge in [-0.25, -0.2) is 0 Å². The molecule has 0 unspecified atom stereocenters. The summed E-state index contributed by atoms with van der Waals surface area (Å²) in [6.45, 7) is 8.20. The van der Waals surface area contributed by atoms with Crippen molar-refractivity contribution in [3.8, 4) is 0 Å². The molecule has 1 aromatic rings. The minimum Gasteiger partial charge on any atom is -0.370 e. The SMILES string of the molecule is C=Cc1nc(C2(OC)CCC(C)(C)CC2)no1. The van der Waals surface area contributed by atoms with Crippen molar-refractivity contribution < 1.29 is 9.26 Å². The molecule has 0 bridgehead atoms. The van der Waals surface area contributed by atoms with E-state index in [2.05, 4.69) is 30.6 Å². The molecule has 2 rings (SSSR count). The van der Waals surface area contributed by atoms with E-state index >= 15 is 0 Å². The van der Waals surface area contributed by atoms with Gasteiger partial charge in [0.15, 0.2) is 0 Å². The zero-order chi connectivity index (χ0) is 12.5. The minimum atomic E-state index is -0.375. The second-order valence-electron chi connectivity index (χ2n) is 5.52. The van der Waals surface area contributed by atoms with Gasteiger partial charge in [-0.2, -0.15) is 4.98 Å². The average molecular weight is 236 g/mol. The summed E-state index contributed by atoms with van der Waals surface area (Å²) in [5.41, 5.74) is 0.00725. The lowest BCUT2D eigenvalue weighted by molar-refractivity contribution is -0.0740. The molecule has 1 fully saturated rings. The van der Waals surface area contributed by atoms with E-state index in [0.29, 0.717) is 17.1 Å². The van der Waals surface area contributed by atoms with Crippen LogP contribution in [-0.2, 0) is 10.3 Å². The van der Waals surface area contributed by atoms with Crippen molar-refractivity contribution in [1.82, 2.24) is 10.1 Å². The number of methoxy groups -OCH3 is 1. The van der Waals surface area contributed by atoms with E-state index in [1.165, 1.54) is 0 Å². The maximum Gasteiger partial charge on any atom is 0.250 e. The predicted molar refractivity (Wildman–Crippen MR) is 65.3 cm³/mol. The highest BCUT2D eigenvalue weighted by Gasteiger charge is 2.43. The van der Waals surface area contributed by atoms with Crippen LogP contribution in [0.25, 0.3) is 6.08 Å². The quantitative estimate of drug-likeness (QED) is 0.808. The van der Waals surface area contributed by atoms with Gasteiger partial charge in [-0.3, -0.25) is 0 Å². The molecule has 0 atom stereocenters. The third-order valence-electron chi connectivity index (χ3n) is 3.83. The van der Waals surface area contributed by atoms with Crippen molar-refractivity contribution in [2.75, 3.05) is 7.11 Å². The van der Waals surface area contributed by atoms with Crippen LogP contribution in [0, 0.1) is 5.41 Å². The lowest BCUT2D eigenvalue weighted by Gasteiger charge is -2.40. The minimum absolute atomic E-state index is 0.375. The van der Waals surface area contributed by atoms with Crippen LogP contribution in [0.15, 0.2) is 11.1 Å². The molecule has 0 amide bonds. The van der Waals surface area contributed by atoms with Gasteiger partial charge in [0.2, 0.25) is 11.7 Å². The summed E-state index contributed by atoms with van der Waals surface area (Å²) in [6.07, 6.45) is 5.66. The van der Waals surface area contributed by atoms with Gasteiger partial charge in [0.1, 0.15) is 5.60 Å². The highest BCUT2D eigenvalue weighted by Crippen LogP contribution is 2.46. The van der Waals surface area contributed by atoms with Crippen molar-refractivity contribution in [3.05, 3.63) is 18.3 Å². The first-order valence-electron chi connectivity index (χ1n) is 6.03. The molecule has 0 radical (unpaired) electrons. The van der Waals surface area contributed by atoms with Crippen molar-refractivity contribution in [2.24, 2.45) is 5.41 Å². The number of hydrogen-bond donors (Lipinski definition) is 0. The molecule has 4 heteroatoms. The van der Waals surface area contributed by atoms with E-state index in [1.807, 2.05) is 0 Å². The van der Waals surface area contributed by atoms with Crippen molar-refractivity contribution in [2.45, 2.75) is 45.1 Å². The molecule has 1 aliphatic rings. The summed E-state index contributed by atoms with van der Waals surface area (Å²) in [7, 11) is 1.72. The number of rotatable bonds is 3. The van der Waals surface area contributed by atoms with Crippen LogP contribution >= 0.6 is 0 Å². The molecule has 4 nitrogen and oxygen atoms in total. The predicted octanol–water partition coefficient (Wildman–Crippen LogP) is 3.15. The summed E-state index contributed by atoms with van der Waals surface area (Å²) in [4.78, 5) is 4.32. The Morgan fingerprint density at radius 3 is 2.41 bits per heavy atom. The Balaban J connectivity index is 2.23. The lowest BCUT2D eigenvalue weighted by Crippen LogP contribution is -2.37. The van der Waals surface area contributed by atoms with E-state index in [-0.39, 0.29) is 5.60 Å². The molecule has 1 aliphatic carbocycles. The number of hydrogen-bond acceptors (Lipinski definition) is 4. The zero-order valence-electron chi connectivity index (χ0n) is 10.8. The summed E-state index contributed by atoms with van der Waals surface area (Å²) < 4.78 is 10.8. The van der Waals surface area contributed by atoms with Crippen LogP contribution in [0.1, 0.15) is 51.2 Å². The standard InChI is InChI=1S/C13H20N2O2/c1-5-10-14-11(15-17-10)13(16-4)8-6-12(2,3)7-9-13/h5H,1,6-9H2,2-4H3. The fourth-order valence-corrected chi connectivity index (χ4v) is 2.35. The molecular formula is C13H20N2O2. The average Bonchev–Trinajstić information content (AvgIpc) is 2.79. The third kappa shape index (κ3) is 2.27. The van der Waals surface area contributed by atoms with Gasteiger partial charge in [-0.1, -0.05) is 25.6 Å². The summed E-state index contributed by atoms with van der Waals surface area (Å²) in [5.74, 6) is 1.12. The molecule has 0 spiro atoms. The summed E-state index contributed by atoms with van der Waals surface area (Å²) in [5, 5.41) is 4.02. The van der Waals surface area contributed by atoms with E-state index in [0.717, 1.165) is 25.7 Å². The molecule has 0 N–H and O–H groups in total. The van der Waals surface area contributed by atoms with Crippen molar-refractivity contribution in [3.63, 3.8) is 0 Å². The first-order valence-corrected chi connectivity index (χ1v) is 6.03. The molecule has 1 heterocycles. The van der Waals surface area contributed by atoms with E-state index < -0.39 is 0 Å². The van der Waals surface area contributed by atoms with Crippen LogP contribution in [0.5, 0.6) is 0 Å². The first-order chi connectivity index (χ1) is 8.01. The van der Waals surface area contributed by atoms with Gasteiger partial charge in [0.25, 0.3) is 0 Å². The Bertz CT molecular complexity index is 399. The van der Waals surface area contributed by atoms with E-state index in [9.17, 15) is 0 Å². The Labute approximate surface area is 102 Å². The van der Waals surface area contributed by atoms with Crippen LogP contribution in [0.2, 0.25) is 0 Å². The van der Waals surface area contributed by atoms with Crippen LogP contribution in [0.4, 0.5) is 0 Å². The maximum absolute atomic E-state index is 5.70. The largest absolute Gasteiger partial charge is 0.370 e. The molecule has 0 aliphatic heterocycles. The van der Waals surface area contributed by atoms with Gasteiger partial charge in [-0.05, 0) is 37.2 Å². The smallest absolute Gasteiger partial charge is 0.250 e. The topological polar surface area (TPSA) is 48.2 Å². The molecule has 1 aromatic heterocycles. The fourth-order valence-electron chi connectivity index (χ4n) is 2.35. The Morgan fingerprint density at radius 2 is 1.94 bits per heavy atom. The second kappa shape index (κ2) is 4.26. The number of ether oxygens (including phenoxy) is 1. The molecule has 17 heavy (non-hydrogen) atoms. The molecule has 1 saturated carbocycles. The van der Waals surface area contributed by atoms with E-state index in [4.69, 9.17) is 9.26 Å². The number of nitrogens with zero attached hydrogens (tertiary/aromatic N) is 2. The van der Waals surface area contributed by atoms with Crippen LogP contribution < -0.4 is 0 Å². The fraction of sp³-hybridized carbons (Fsp3) is 0.692. The third-order valence-corrected chi connectivity index (χ3v) is 3.83. The van der Waals surface area contributed by atoms with Gasteiger partial charge < -0.3 is 9.26 Å². The highest BCUT2D eigenvalue weighted by molar-refractivity contribution is 5.33. The Hall–Kier alpha value is -1.16. The highest BCUT2D eigenvalue weighted by atomic mass is 16.5. The van der Waals surface area contributed by atoms with Crippen molar-refractivity contribution >= 4 is 6.08 Å². The van der Waals surface area contributed by atoms with Gasteiger partial charge in [0, 0.05) is 7.11 Å². The summed E-state index contributed by atoms with van der Waals surface area (Å²) in [6, 6.07) is 0. The monoisotopic (exact) mass is 236 g/mol. The summed E-state index contributed by atoms with van der Waals surface area (Å²) >= 11 is 0. The molecule has 94 valence electrons. The van der Waals surface area contributed by atoms with Gasteiger partial charge in [-0.15, -0.1) is 0 Å². The maximum atomic E-state index is 5.70. The first kappa shape index (κ1) is 12.3. The Morgan fingerprint density at radius 1 is 1.29 bits per heavy atom. The Kier molecular flexibility index (Phi) is 3.08. The van der Waals surface area contributed by atoms with Gasteiger partial charge in [0.05, 0.1) is 0 Å². The van der Waals surface area contributed by atoms with Crippen LogP contribution in [-0.4, -0.2) is 17.3 Å². The number of aromatic nitrogens is 2. The zero-order valence-corrected chi connectivity index (χ0v) is 10.8.